The second-order valence-electron chi connectivity index (χ2n) is 10.3. The normalized spacial score (nSPS) is 30.1. The van der Waals surface area contributed by atoms with Crippen molar-refractivity contribution in [3.63, 3.8) is 0 Å². The van der Waals surface area contributed by atoms with Gasteiger partial charge in [0.1, 0.15) is 17.8 Å². The van der Waals surface area contributed by atoms with Crippen LogP contribution in [0.2, 0.25) is 0 Å². The number of esters is 4. The number of carbonyl (C=O) groups is 4. The lowest BCUT2D eigenvalue weighted by molar-refractivity contribution is -0.318. The van der Waals surface area contributed by atoms with Crippen LogP contribution in [-0.2, 0) is 38.1 Å². The van der Waals surface area contributed by atoms with Crippen LogP contribution in [0, 0.1) is 11.3 Å². The molecule has 0 radical (unpaired) electrons. The van der Waals surface area contributed by atoms with Crippen molar-refractivity contribution < 1.29 is 73.2 Å². The summed E-state index contributed by atoms with van der Waals surface area (Å²) in [5.41, 5.74) is -3.56. The molecule has 1 spiro atoms. The largest absolute Gasteiger partial charge is 0.458 e. The van der Waals surface area contributed by atoms with Gasteiger partial charge in [-0.2, -0.15) is 35.1 Å². The lowest BCUT2D eigenvalue weighted by atomic mass is 9.39. The summed E-state index contributed by atoms with van der Waals surface area (Å²) < 4.78 is 128. The predicted octanol–water partition coefficient (Wildman–Crippen LogP) is 4.00. The standard InChI is InChI=1S/C23H24F8O8/c1-10(2)15(33)36-9-14(32)39-20-6-11-5-13(38-17(35)23(30,31)19(4,26)27)21(11,20)8-12(7-20)37-16(34)22(28,29)18(3,24)25/h11-13H,1,5-9H2,2-4H3. The fraction of sp³-hybridized carbons (Fsp3) is 0.739. The quantitative estimate of drug-likeness (QED) is 0.165. The van der Waals surface area contributed by atoms with Crippen molar-refractivity contribution in [2.75, 3.05) is 6.61 Å². The maximum atomic E-state index is 13.9. The zero-order valence-corrected chi connectivity index (χ0v) is 20.8. The van der Waals surface area contributed by atoms with Crippen molar-refractivity contribution in [1.82, 2.24) is 0 Å². The average molecular weight is 580 g/mol. The molecule has 0 N–H and O–H groups in total. The third-order valence-corrected chi connectivity index (χ3v) is 7.47. The molecule has 220 valence electrons. The van der Waals surface area contributed by atoms with Gasteiger partial charge in [-0.1, -0.05) is 6.58 Å². The Balaban J connectivity index is 1.85. The molecule has 0 amide bonds. The fourth-order valence-corrected chi connectivity index (χ4v) is 5.44. The molecule has 0 aromatic heterocycles. The van der Waals surface area contributed by atoms with Crippen molar-refractivity contribution >= 4 is 23.9 Å². The van der Waals surface area contributed by atoms with E-state index in [0.717, 1.165) is 0 Å². The SMILES string of the molecule is C=C(C)C(=O)OCC(=O)OC12CC(OC(=O)C(F)(F)C(C)(F)F)CC13C(CC3OC(=O)C(F)(F)C(C)(F)F)C2. The van der Waals surface area contributed by atoms with Crippen LogP contribution in [0.1, 0.15) is 46.5 Å². The molecule has 3 aliphatic rings. The molecule has 5 unspecified atom stereocenters. The minimum Gasteiger partial charge on any atom is -0.458 e. The van der Waals surface area contributed by atoms with Crippen molar-refractivity contribution in [3.8, 4) is 0 Å². The summed E-state index contributed by atoms with van der Waals surface area (Å²) in [6.07, 6.45) is -4.69. The van der Waals surface area contributed by atoms with Crippen LogP contribution in [0.5, 0.6) is 0 Å². The maximum absolute atomic E-state index is 13.9. The Kier molecular flexibility index (Phi) is 7.31. The number of halogens is 8. The number of hydrogen-bond acceptors (Lipinski definition) is 8. The summed E-state index contributed by atoms with van der Waals surface area (Å²) in [5.74, 6) is -28.2. The summed E-state index contributed by atoms with van der Waals surface area (Å²) >= 11 is 0. The van der Waals surface area contributed by atoms with Gasteiger partial charge < -0.3 is 18.9 Å². The first kappa shape index (κ1) is 30.6. The third-order valence-electron chi connectivity index (χ3n) is 7.47. The highest BCUT2D eigenvalue weighted by Crippen LogP contribution is 2.76. The van der Waals surface area contributed by atoms with Crippen LogP contribution < -0.4 is 0 Å². The van der Waals surface area contributed by atoms with Crippen molar-refractivity contribution in [1.29, 1.82) is 0 Å². The van der Waals surface area contributed by atoms with Crippen molar-refractivity contribution in [3.05, 3.63) is 12.2 Å². The molecule has 0 aromatic rings. The first-order valence-corrected chi connectivity index (χ1v) is 11.5. The topological polar surface area (TPSA) is 105 Å². The molecular formula is C23H24F8O8. The molecule has 39 heavy (non-hydrogen) atoms. The Morgan fingerprint density at radius 3 is 1.82 bits per heavy atom. The summed E-state index contributed by atoms with van der Waals surface area (Å²) in [7, 11) is 0. The van der Waals surface area contributed by atoms with Gasteiger partial charge in [-0.15, -0.1) is 0 Å². The summed E-state index contributed by atoms with van der Waals surface area (Å²) in [6, 6.07) is 0. The average Bonchev–Trinajstić information content (AvgIpc) is 3.06. The van der Waals surface area contributed by atoms with Gasteiger partial charge in [0.2, 0.25) is 0 Å². The molecular weight excluding hydrogens is 556 g/mol. The minimum atomic E-state index is -5.26. The van der Waals surface area contributed by atoms with Crippen LogP contribution in [0.15, 0.2) is 12.2 Å². The molecule has 0 bridgehead atoms. The Hall–Kier alpha value is -2.94. The second kappa shape index (κ2) is 9.32. The highest BCUT2D eigenvalue weighted by molar-refractivity contribution is 5.88. The van der Waals surface area contributed by atoms with E-state index < -0.39 is 96.2 Å². The predicted molar refractivity (Wildman–Crippen MR) is 110 cm³/mol. The maximum Gasteiger partial charge on any atom is 0.404 e. The number of rotatable bonds is 10. The van der Waals surface area contributed by atoms with Crippen LogP contribution in [0.4, 0.5) is 35.1 Å². The second-order valence-corrected chi connectivity index (χ2v) is 10.3. The van der Waals surface area contributed by atoms with E-state index in [1.54, 1.807) is 0 Å². The molecule has 3 aliphatic carbocycles. The first-order valence-electron chi connectivity index (χ1n) is 11.5. The number of carbonyl (C=O) groups excluding carboxylic acids is 4. The van der Waals surface area contributed by atoms with Gasteiger partial charge in [-0.05, 0) is 32.1 Å². The van der Waals surface area contributed by atoms with Gasteiger partial charge in [-0.3, -0.25) is 0 Å². The molecule has 0 heterocycles. The third kappa shape index (κ3) is 4.83. The minimum absolute atomic E-state index is 0.0812. The van der Waals surface area contributed by atoms with E-state index in [0.29, 0.717) is 0 Å². The van der Waals surface area contributed by atoms with E-state index in [1.165, 1.54) is 6.92 Å². The van der Waals surface area contributed by atoms with E-state index >= 15 is 0 Å². The number of alkyl halides is 8. The first-order chi connectivity index (χ1) is 17.5. The van der Waals surface area contributed by atoms with Gasteiger partial charge >= 0.3 is 47.6 Å². The van der Waals surface area contributed by atoms with E-state index in [1.807, 2.05) is 0 Å². The Labute approximate surface area is 215 Å². The van der Waals surface area contributed by atoms with Gasteiger partial charge in [0.05, 0.1) is 5.41 Å². The number of ether oxygens (including phenoxy) is 4. The van der Waals surface area contributed by atoms with Crippen molar-refractivity contribution in [2.24, 2.45) is 11.3 Å². The molecule has 3 rings (SSSR count). The Morgan fingerprint density at radius 1 is 0.846 bits per heavy atom. The summed E-state index contributed by atoms with van der Waals surface area (Å²) in [5, 5.41) is 0. The molecule has 0 aromatic carbocycles. The van der Waals surface area contributed by atoms with E-state index in [2.05, 4.69) is 20.8 Å². The van der Waals surface area contributed by atoms with Crippen molar-refractivity contribution in [2.45, 2.75) is 88.0 Å². The highest BCUT2D eigenvalue weighted by Gasteiger charge is 2.82. The van der Waals surface area contributed by atoms with E-state index in [9.17, 15) is 54.3 Å². The lowest BCUT2D eigenvalue weighted by Crippen LogP contribution is -2.75. The molecule has 5 atom stereocenters. The van der Waals surface area contributed by atoms with Crippen LogP contribution in [-0.4, -0.2) is 72.0 Å². The summed E-state index contributed by atoms with van der Waals surface area (Å²) in [4.78, 5) is 47.8. The van der Waals surface area contributed by atoms with E-state index in [4.69, 9.17) is 4.74 Å². The molecule has 0 aliphatic heterocycles. The van der Waals surface area contributed by atoms with Crippen LogP contribution in [0.3, 0.4) is 0 Å². The fourth-order valence-electron chi connectivity index (χ4n) is 5.44. The highest BCUT2D eigenvalue weighted by atomic mass is 19.3. The molecule has 0 saturated heterocycles. The van der Waals surface area contributed by atoms with Crippen LogP contribution >= 0.6 is 0 Å². The zero-order chi connectivity index (χ0) is 30.0. The van der Waals surface area contributed by atoms with Gasteiger partial charge in [0, 0.05) is 25.8 Å². The lowest BCUT2D eigenvalue weighted by Gasteiger charge is -2.69. The Morgan fingerprint density at radius 2 is 1.36 bits per heavy atom. The van der Waals surface area contributed by atoms with Gasteiger partial charge in [0.15, 0.2) is 6.61 Å². The summed E-state index contributed by atoms with van der Waals surface area (Å²) in [6.45, 7) is 3.15. The monoisotopic (exact) mass is 580 g/mol. The number of hydrogen-bond donors (Lipinski definition) is 0. The molecule has 16 heteroatoms. The molecule has 3 saturated carbocycles. The zero-order valence-electron chi connectivity index (χ0n) is 20.8. The molecule has 3 fully saturated rings. The van der Waals surface area contributed by atoms with Crippen LogP contribution in [0.25, 0.3) is 0 Å². The smallest absolute Gasteiger partial charge is 0.404 e. The van der Waals surface area contributed by atoms with Gasteiger partial charge in [-0.25, -0.2) is 19.2 Å². The molecule has 8 nitrogen and oxygen atoms in total. The van der Waals surface area contributed by atoms with Gasteiger partial charge in [0.25, 0.3) is 0 Å². The van der Waals surface area contributed by atoms with E-state index in [-0.39, 0.29) is 32.3 Å². The Bertz CT molecular complexity index is 1080.